The maximum absolute atomic E-state index is 6.11. The third-order valence-electron chi connectivity index (χ3n) is 5.01. The molecule has 9 heteroatoms. The molecule has 4 N–H and O–H groups in total. The van der Waals surface area contributed by atoms with E-state index in [9.17, 15) is 0 Å². The zero-order valence-corrected chi connectivity index (χ0v) is 21.4. The van der Waals surface area contributed by atoms with E-state index in [0.29, 0.717) is 47.5 Å². The molecule has 0 aliphatic carbocycles. The highest BCUT2D eigenvalue weighted by Crippen LogP contribution is 2.32. The second-order valence-corrected chi connectivity index (χ2v) is 8.23. The lowest BCUT2D eigenvalue weighted by molar-refractivity contribution is -0.220. The van der Waals surface area contributed by atoms with Crippen LogP contribution in [0.25, 0.3) is 0 Å². The van der Waals surface area contributed by atoms with Crippen LogP contribution in [0.15, 0.2) is 60.7 Å². The quantitative estimate of drug-likeness (QED) is 0.146. The zero-order chi connectivity index (χ0) is 26.1. The van der Waals surface area contributed by atoms with Gasteiger partial charge < -0.3 is 30.4 Å². The molecule has 0 saturated heterocycles. The van der Waals surface area contributed by atoms with Gasteiger partial charge in [-0.25, -0.2) is 9.68 Å². The first-order valence-corrected chi connectivity index (χ1v) is 11.7. The van der Waals surface area contributed by atoms with Gasteiger partial charge in [-0.1, -0.05) is 24.3 Å². The maximum atomic E-state index is 6.11. The Balaban J connectivity index is 1.81. The summed E-state index contributed by atoms with van der Waals surface area (Å²) in [6, 6.07) is 18.4. The summed E-state index contributed by atoms with van der Waals surface area (Å²) in [4.78, 5) is 12.1. The van der Waals surface area contributed by atoms with Crippen molar-refractivity contribution in [1.82, 2.24) is 0 Å². The largest absolute Gasteiger partial charge is 0.489 e. The third-order valence-corrected chi connectivity index (χ3v) is 5.01. The van der Waals surface area contributed by atoms with Crippen molar-refractivity contribution in [2.45, 2.75) is 40.3 Å². The number of nitrogen functional groups attached to an aromatic ring is 2. The minimum Gasteiger partial charge on any atom is -0.489 e. The highest BCUT2D eigenvalue weighted by Gasteiger charge is 2.22. The first kappa shape index (κ1) is 26.9. The molecule has 0 radical (unpaired) electrons. The van der Waals surface area contributed by atoms with Crippen molar-refractivity contribution in [2.75, 3.05) is 37.0 Å². The standard InChI is InChI=1S/C27H35N3O6/c1-18-10-12-25(22(28)16-18)33-20(3)35-30(24-8-6-7-9-27(24)32-15-14-31-5)36-21(4)34-26-13-11-19(2)17-23(26)29/h6-13,16-17,20-21H,14-15,28-29H2,1-5H3. The van der Waals surface area contributed by atoms with Gasteiger partial charge in [-0.2, -0.15) is 0 Å². The smallest absolute Gasteiger partial charge is 0.223 e. The predicted molar refractivity (Wildman–Crippen MR) is 140 cm³/mol. The molecule has 3 rings (SSSR count). The number of benzene rings is 3. The van der Waals surface area contributed by atoms with Crippen molar-refractivity contribution in [1.29, 1.82) is 0 Å². The molecule has 3 aromatic carbocycles. The molecule has 0 saturated carbocycles. The first-order chi connectivity index (χ1) is 17.3. The summed E-state index contributed by atoms with van der Waals surface area (Å²) in [5, 5.41) is 1.21. The fraction of sp³-hybridized carbons (Fsp3) is 0.333. The molecule has 2 atom stereocenters. The maximum Gasteiger partial charge on any atom is 0.223 e. The van der Waals surface area contributed by atoms with Crippen LogP contribution in [-0.4, -0.2) is 32.9 Å². The molecule has 0 aliphatic heterocycles. The van der Waals surface area contributed by atoms with Crippen molar-refractivity contribution in [3.05, 3.63) is 71.8 Å². The average Bonchev–Trinajstić information content (AvgIpc) is 2.83. The lowest BCUT2D eigenvalue weighted by Crippen LogP contribution is -2.36. The number of ether oxygens (including phenoxy) is 4. The second kappa shape index (κ2) is 12.9. The van der Waals surface area contributed by atoms with Gasteiger partial charge in [0, 0.05) is 21.0 Å². The van der Waals surface area contributed by atoms with Gasteiger partial charge in [0.2, 0.25) is 12.6 Å². The Morgan fingerprint density at radius 1 is 0.722 bits per heavy atom. The molecule has 0 aromatic heterocycles. The summed E-state index contributed by atoms with van der Waals surface area (Å²) in [7, 11) is 1.61. The third kappa shape index (κ3) is 7.67. The van der Waals surface area contributed by atoms with Gasteiger partial charge in [0.05, 0.1) is 18.0 Å². The number of nitrogens with two attached hydrogens (primary N) is 2. The van der Waals surface area contributed by atoms with E-state index in [4.69, 9.17) is 40.1 Å². The second-order valence-electron chi connectivity index (χ2n) is 8.23. The number of rotatable bonds is 13. The van der Waals surface area contributed by atoms with Gasteiger partial charge in [-0.3, -0.25) is 0 Å². The number of hydrogen-bond donors (Lipinski definition) is 2. The molecule has 194 valence electrons. The van der Waals surface area contributed by atoms with Crippen LogP contribution in [-0.2, 0) is 14.4 Å². The highest BCUT2D eigenvalue weighted by atomic mass is 17.0. The number of para-hydroxylation sites is 2. The van der Waals surface area contributed by atoms with Crippen LogP contribution in [0, 0.1) is 13.8 Å². The lowest BCUT2D eigenvalue weighted by atomic mass is 10.2. The minimum absolute atomic E-state index is 0.346. The molecule has 36 heavy (non-hydrogen) atoms. The first-order valence-electron chi connectivity index (χ1n) is 11.7. The molecule has 0 aliphatic rings. The number of methoxy groups -OCH3 is 1. The van der Waals surface area contributed by atoms with Crippen LogP contribution in [0.2, 0.25) is 0 Å². The fourth-order valence-corrected chi connectivity index (χ4v) is 3.32. The number of nitrogens with zero attached hydrogens (tertiary/aromatic N) is 1. The summed E-state index contributed by atoms with van der Waals surface area (Å²) in [6.07, 6.45) is -1.56. The summed E-state index contributed by atoms with van der Waals surface area (Å²) in [6.45, 7) is 8.14. The van der Waals surface area contributed by atoms with E-state index in [1.807, 2.05) is 50.2 Å². The van der Waals surface area contributed by atoms with Crippen LogP contribution in [0.1, 0.15) is 25.0 Å². The molecule has 0 bridgehead atoms. The Bertz CT molecular complexity index is 1060. The minimum atomic E-state index is -0.779. The highest BCUT2D eigenvalue weighted by molar-refractivity contribution is 5.56. The van der Waals surface area contributed by atoms with Gasteiger partial charge in [0.25, 0.3) is 0 Å². The van der Waals surface area contributed by atoms with Crippen molar-refractivity contribution in [3.63, 3.8) is 0 Å². The van der Waals surface area contributed by atoms with E-state index in [2.05, 4.69) is 0 Å². The monoisotopic (exact) mass is 497 g/mol. The molecule has 0 fully saturated rings. The molecular formula is C27H35N3O6. The predicted octanol–water partition coefficient (Wildman–Crippen LogP) is 5.01. The SMILES string of the molecule is COCCOc1ccccc1N(OC(C)Oc1ccc(C)cc1N)OC(C)Oc1ccc(C)cc1N. The fourth-order valence-electron chi connectivity index (χ4n) is 3.32. The normalized spacial score (nSPS) is 12.6. The summed E-state index contributed by atoms with van der Waals surface area (Å²) in [5.74, 6) is 1.52. The van der Waals surface area contributed by atoms with Gasteiger partial charge in [0.1, 0.15) is 29.5 Å². The molecule has 2 unspecified atom stereocenters. The Hall–Kier alpha value is -3.66. The Labute approximate surface area is 212 Å². The van der Waals surface area contributed by atoms with Gasteiger partial charge in [-0.15, -0.1) is 5.23 Å². The van der Waals surface area contributed by atoms with Gasteiger partial charge in [0.15, 0.2) is 0 Å². The van der Waals surface area contributed by atoms with Crippen molar-refractivity contribution in [3.8, 4) is 17.2 Å². The Morgan fingerprint density at radius 3 is 1.75 bits per heavy atom. The number of anilines is 3. The van der Waals surface area contributed by atoms with Crippen LogP contribution in [0.4, 0.5) is 17.1 Å². The van der Waals surface area contributed by atoms with Crippen LogP contribution in [0.5, 0.6) is 17.2 Å². The van der Waals surface area contributed by atoms with E-state index in [-0.39, 0.29) is 0 Å². The molecule has 3 aromatic rings. The summed E-state index contributed by atoms with van der Waals surface area (Å²) >= 11 is 0. The van der Waals surface area contributed by atoms with Gasteiger partial charge in [-0.05, 0) is 61.4 Å². The van der Waals surface area contributed by atoms with Crippen LogP contribution >= 0.6 is 0 Å². The number of aryl methyl sites for hydroxylation is 2. The van der Waals surface area contributed by atoms with Crippen LogP contribution < -0.4 is 30.9 Å². The molecule has 0 amide bonds. The van der Waals surface area contributed by atoms with E-state index in [0.717, 1.165) is 11.1 Å². The van der Waals surface area contributed by atoms with Crippen molar-refractivity contribution >= 4 is 17.1 Å². The Morgan fingerprint density at radius 2 is 1.25 bits per heavy atom. The summed E-state index contributed by atoms with van der Waals surface area (Å²) < 4.78 is 22.8. The lowest BCUT2D eigenvalue weighted by Gasteiger charge is -2.30. The van der Waals surface area contributed by atoms with E-state index >= 15 is 0 Å². The van der Waals surface area contributed by atoms with Crippen LogP contribution in [0.3, 0.4) is 0 Å². The van der Waals surface area contributed by atoms with Crippen molar-refractivity contribution < 1.29 is 28.6 Å². The number of hydrogen-bond acceptors (Lipinski definition) is 9. The Kier molecular flexibility index (Phi) is 9.63. The molecule has 0 spiro atoms. The summed E-state index contributed by atoms with van der Waals surface area (Å²) in [5.41, 5.74) is 15.8. The van der Waals surface area contributed by atoms with Gasteiger partial charge >= 0.3 is 0 Å². The van der Waals surface area contributed by atoms with E-state index in [1.54, 1.807) is 45.2 Å². The van der Waals surface area contributed by atoms with E-state index in [1.165, 1.54) is 5.23 Å². The average molecular weight is 498 g/mol. The molecule has 0 heterocycles. The molecule has 9 nitrogen and oxygen atoms in total. The zero-order valence-electron chi connectivity index (χ0n) is 21.4. The molecular weight excluding hydrogens is 462 g/mol. The topological polar surface area (TPSA) is 111 Å². The van der Waals surface area contributed by atoms with Crippen molar-refractivity contribution in [2.24, 2.45) is 0 Å². The van der Waals surface area contributed by atoms with E-state index < -0.39 is 12.6 Å².